The lowest BCUT2D eigenvalue weighted by molar-refractivity contribution is 0.0696. The van der Waals surface area contributed by atoms with E-state index in [2.05, 4.69) is 39.4 Å². The maximum absolute atomic E-state index is 11.0. The molecule has 0 amide bonds. The van der Waals surface area contributed by atoms with Gasteiger partial charge in [0.2, 0.25) is 0 Å². The van der Waals surface area contributed by atoms with Gasteiger partial charge in [-0.2, -0.15) is 0 Å². The predicted molar refractivity (Wildman–Crippen MR) is 90.2 cm³/mol. The van der Waals surface area contributed by atoms with E-state index in [1.165, 1.54) is 18.4 Å². The van der Waals surface area contributed by atoms with Crippen LogP contribution >= 0.6 is 15.9 Å². The van der Waals surface area contributed by atoms with Crippen molar-refractivity contribution in [3.63, 3.8) is 0 Å². The third kappa shape index (κ3) is 3.39. The molecule has 0 aliphatic heterocycles. The fourth-order valence-electron chi connectivity index (χ4n) is 2.80. The van der Waals surface area contributed by atoms with Crippen molar-refractivity contribution in [2.45, 2.75) is 24.8 Å². The van der Waals surface area contributed by atoms with E-state index in [0.29, 0.717) is 12.1 Å². The Morgan fingerprint density at radius 3 is 2.64 bits per heavy atom. The van der Waals surface area contributed by atoms with Crippen LogP contribution in [0.4, 0.5) is 0 Å². The molecule has 0 atom stereocenters. The highest BCUT2D eigenvalue weighted by Gasteiger charge is 2.43. The predicted octanol–water partition coefficient (Wildman–Crippen LogP) is 3.97. The third-order valence-corrected chi connectivity index (χ3v) is 4.75. The number of carboxylic acid groups (broad SMARTS) is 1. The topological polar surface area (TPSA) is 49.3 Å². The Labute approximate surface area is 138 Å². The Morgan fingerprint density at radius 2 is 1.95 bits per heavy atom. The number of benzene rings is 2. The van der Waals surface area contributed by atoms with Crippen molar-refractivity contribution in [2.24, 2.45) is 0 Å². The first-order valence-electron chi connectivity index (χ1n) is 7.38. The fraction of sp³-hybridized carbons (Fsp3) is 0.278. The number of hydrogen-bond donors (Lipinski definition) is 2. The maximum Gasteiger partial charge on any atom is 0.335 e. The van der Waals surface area contributed by atoms with Crippen LogP contribution in [0, 0.1) is 0 Å². The molecule has 0 heterocycles. The van der Waals surface area contributed by atoms with E-state index in [9.17, 15) is 4.79 Å². The molecule has 0 saturated heterocycles. The Balaban J connectivity index is 1.61. The van der Waals surface area contributed by atoms with Crippen LogP contribution < -0.4 is 5.32 Å². The van der Waals surface area contributed by atoms with Gasteiger partial charge in [-0.3, -0.25) is 0 Å². The van der Waals surface area contributed by atoms with Gasteiger partial charge in [0.05, 0.1) is 5.56 Å². The summed E-state index contributed by atoms with van der Waals surface area (Å²) in [6.45, 7) is 1.61. The molecule has 4 heteroatoms. The van der Waals surface area contributed by atoms with Crippen LogP contribution in [0.1, 0.15) is 34.3 Å². The van der Waals surface area contributed by atoms with Crippen LogP contribution in [0.3, 0.4) is 0 Å². The standard InChI is InChI=1S/C18H18BrNO2/c19-16-6-2-5-15(10-16)18(7-8-18)12-20-11-13-3-1-4-14(9-13)17(21)22/h1-6,9-10,20H,7-8,11-12H2,(H,21,22). The van der Waals surface area contributed by atoms with Gasteiger partial charge in [0.25, 0.3) is 0 Å². The summed E-state index contributed by atoms with van der Waals surface area (Å²) in [5.74, 6) is -0.880. The molecular weight excluding hydrogens is 342 g/mol. The quantitative estimate of drug-likeness (QED) is 0.820. The zero-order valence-corrected chi connectivity index (χ0v) is 13.8. The lowest BCUT2D eigenvalue weighted by atomic mass is 9.96. The molecule has 2 aromatic carbocycles. The monoisotopic (exact) mass is 359 g/mol. The highest BCUT2D eigenvalue weighted by molar-refractivity contribution is 9.10. The zero-order chi connectivity index (χ0) is 15.6. The van der Waals surface area contributed by atoms with Gasteiger partial charge in [0, 0.05) is 23.0 Å². The highest BCUT2D eigenvalue weighted by Crippen LogP contribution is 2.48. The molecule has 0 bridgehead atoms. The molecule has 1 aliphatic carbocycles. The van der Waals surface area contributed by atoms with Crippen LogP contribution in [0.15, 0.2) is 53.0 Å². The van der Waals surface area contributed by atoms with Crippen LogP contribution in [-0.4, -0.2) is 17.6 Å². The molecule has 3 rings (SSSR count). The minimum absolute atomic E-state index is 0.244. The minimum Gasteiger partial charge on any atom is -0.478 e. The first-order valence-corrected chi connectivity index (χ1v) is 8.17. The Bertz CT molecular complexity index is 695. The normalized spacial score (nSPS) is 15.5. The SMILES string of the molecule is O=C(O)c1cccc(CNCC2(c3cccc(Br)c3)CC2)c1. The zero-order valence-electron chi connectivity index (χ0n) is 12.2. The van der Waals surface area contributed by atoms with Crippen LogP contribution in [-0.2, 0) is 12.0 Å². The average Bonchev–Trinajstić information content (AvgIpc) is 3.29. The molecular formula is C18H18BrNO2. The molecule has 2 aromatic rings. The average molecular weight is 360 g/mol. The van der Waals surface area contributed by atoms with E-state index in [0.717, 1.165) is 16.6 Å². The van der Waals surface area contributed by atoms with Crippen molar-refractivity contribution < 1.29 is 9.90 Å². The Morgan fingerprint density at radius 1 is 1.18 bits per heavy atom. The molecule has 114 valence electrons. The molecule has 0 aromatic heterocycles. The van der Waals surface area contributed by atoms with E-state index in [1.54, 1.807) is 18.2 Å². The second kappa shape index (κ2) is 6.23. The lowest BCUT2D eigenvalue weighted by Crippen LogP contribution is -2.26. The van der Waals surface area contributed by atoms with E-state index in [4.69, 9.17) is 5.11 Å². The third-order valence-electron chi connectivity index (χ3n) is 4.26. The van der Waals surface area contributed by atoms with Crippen molar-refractivity contribution in [3.05, 3.63) is 69.7 Å². The Kier molecular flexibility index (Phi) is 4.32. The van der Waals surface area contributed by atoms with Gasteiger partial charge in [-0.05, 0) is 48.2 Å². The summed E-state index contributed by atoms with van der Waals surface area (Å²) >= 11 is 3.53. The van der Waals surface area contributed by atoms with Crippen molar-refractivity contribution in [3.8, 4) is 0 Å². The number of rotatable bonds is 6. The van der Waals surface area contributed by atoms with Gasteiger partial charge >= 0.3 is 5.97 Å². The summed E-state index contributed by atoms with van der Waals surface area (Å²) in [5.41, 5.74) is 2.96. The maximum atomic E-state index is 11.0. The summed E-state index contributed by atoms with van der Waals surface area (Å²) < 4.78 is 1.12. The smallest absolute Gasteiger partial charge is 0.335 e. The summed E-state index contributed by atoms with van der Waals surface area (Å²) in [6, 6.07) is 15.6. The number of aromatic carboxylic acids is 1. The molecule has 22 heavy (non-hydrogen) atoms. The van der Waals surface area contributed by atoms with Crippen molar-refractivity contribution in [2.75, 3.05) is 6.54 Å². The summed E-state index contributed by atoms with van der Waals surface area (Å²) in [4.78, 5) is 11.0. The highest BCUT2D eigenvalue weighted by atomic mass is 79.9. The summed E-state index contributed by atoms with van der Waals surface area (Å²) in [7, 11) is 0. The number of hydrogen-bond acceptors (Lipinski definition) is 2. The van der Waals surface area contributed by atoms with Crippen molar-refractivity contribution >= 4 is 21.9 Å². The number of halogens is 1. The van der Waals surface area contributed by atoms with Gasteiger partial charge in [-0.25, -0.2) is 4.79 Å². The number of carboxylic acids is 1. The molecule has 0 unspecified atom stereocenters. The van der Waals surface area contributed by atoms with E-state index >= 15 is 0 Å². The van der Waals surface area contributed by atoms with Gasteiger partial charge in [-0.1, -0.05) is 40.2 Å². The molecule has 0 radical (unpaired) electrons. The second-order valence-electron chi connectivity index (χ2n) is 5.90. The summed E-state index contributed by atoms with van der Waals surface area (Å²) in [5, 5.41) is 12.5. The van der Waals surface area contributed by atoms with Gasteiger partial charge < -0.3 is 10.4 Å². The van der Waals surface area contributed by atoms with Crippen LogP contribution in [0.25, 0.3) is 0 Å². The van der Waals surface area contributed by atoms with Crippen LogP contribution in [0.2, 0.25) is 0 Å². The second-order valence-corrected chi connectivity index (χ2v) is 6.82. The van der Waals surface area contributed by atoms with Crippen LogP contribution in [0.5, 0.6) is 0 Å². The van der Waals surface area contributed by atoms with Gasteiger partial charge in [-0.15, -0.1) is 0 Å². The van der Waals surface area contributed by atoms with Crippen molar-refractivity contribution in [1.82, 2.24) is 5.32 Å². The molecule has 3 nitrogen and oxygen atoms in total. The molecule has 1 fully saturated rings. The van der Waals surface area contributed by atoms with E-state index < -0.39 is 5.97 Å². The van der Waals surface area contributed by atoms with Crippen molar-refractivity contribution in [1.29, 1.82) is 0 Å². The Hall–Kier alpha value is -1.65. The lowest BCUT2D eigenvalue weighted by Gasteiger charge is -2.17. The van der Waals surface area contributed by atoms with E-state index in [1.807, 2.05) is 12.1 Å². The fourth-order valence-corrected chi connectivity index (χ4v) is 3.20. The number of carbonyl (C=O) groups is 1. The van der Waals surface area contributed by atoms with Gasteiger partial charge in [0.1, 0.15) is 0 Å². The first kappa shape index (κ1) is 15.3. The number of nitrogens with one attached hydrogen (secondary N) is 1. The summed E-state index contributed by atoms with van der Waals surface area (Å²) in [6.07, 6.45) is 2.40. The molecule has 1 aliphatic rings. The molecule has 2 N–H and O–H groups in total. The molecule has 1 saturated carbocycles. The van der Waals surface area contributed by atoms with Gasteiger partial charge in [0.15, 0.2) is 0 Å². The largest absolute Gasteiger partial charge is 0.478 e. The van der Waals surface area contributed by atoms with E-state index in [-0.39, 0.29) is 5.41 Å². The first-order chi connectivity index (χ1) is 10.6. The molecule has 0 spiro atoms. The minimum atomic E-state index is -0.880.